The Morgan fingerprint density at radius 1 is 1.20 bits per heavy atom. The lowest BCUT2D eigenvalue weighted by Crippen LogP contribution is -2.04. The highest BCUT2D eigenvalue weighted by molar-refractivity contribution is 5.77. The Labute approximate surface area is 121 Å². The Bertz CT molecular complexity index is 557. The number of hydrogen-bond donors (Lipinski definition) is 1. The van der Waals surface area contributed by atoms with Crippen molar-refractivity contribution in [2.24, 2.45) is 5.92 Å². The number of unbranched alkanes of at least 4 members (excludes halogenated alkanes) is 3. The molecule has 0 amide bonds. The molecule has 0 spiro atoms. The van der Waals surface area contributed by atoms with Crippen LogP contribution in [0.25, 0.3) is 11.2 Å². The third-order valence-electron chi connectivity index (χ3n) is 3.78. The van der Waals surface area contributed by atoms with Crippen LogP contribution >= 0.6 is 0 Å². The van der Waals surface area contributed by atoms with E-state index in [0.717, 1.165) is 35.6 Å². The molecule has 2 aromatic rings. The van der Waals surface area contributed by atoms with Gasteiger partial charge in [0.05, 0.1) is 0 Å². The molecule has 4 nitrogen and oxygen atoms in total. The summed E-state index contributed by atoms with van der Waals surface area (Å²) >= 11 is 0. The zero-order valence-electron chi connectivity index (χ0n) is 12.9. The second-order valence-corrected chi connectivity index (χ2v) is 6.02. The zero-order valence-corrected chi connectivity index (χ0v) is 12.9. The summed E-state index contributed by atoms with van der Waals surface area (Å²) in [6.45, 7) is 7.53. The second-order valence-electron chi connectivity index (χ2n) is 6.02. The van der Waals surface area contributed by atoms with Gasteiger partial charge in [0.15, 0.2) is 5.65 Å². The lowest BCUT2D eigenvalue weighted by Gasteiger charge is -2.07. The van der Waals surface area contributed by atoms with E-state index in [0.29, 0.717) is 5.95 Å². The normalized spacial score (nSPS) is 11.6. The summed E-state index contributed by atoms with van der Waals surface area (Å²) in [7, 11) is 0. The SMILES string of the molecule is Cc1ccnc2c1nc(N)n2CCCCCCC(C)C. The number of fused-ring (bicyclic) bond motifs is 1. The van der Waals surface area contributed by atoms with Gasteiger partial charge < -0.3 is 5.73 Å². The van der Waals surface area contributed by atoms with Crippen molar-refractivity contribution < 1.29 is 0 Å². The predicted molar refractivity (Wildman–Crippen MR) is 84.6 cm³/mol. The van der Waals surface area contributed by atoms with Crippen LogP contribution in [-0.2, 0) is 6.54 Å². The monoisotopic (exact) mass is 274 g/mol. The highest BCUT2D eigenvalue weighted by Crippen LogP contribution is 2.19. The van der Waals surface area contributed by atoms with Gasteiger partial charge in [-0.1, -0.05) is 39.5 Å². The number of aromatic nitrogens is 3. The highest BCUT2D eigenvalue weighted by atomic mass is 15.2. The fourth-order valence-corrected chi connectivity index (χ4v) is 2.55. The summed E-state index contributed by atoms with van der Waals surface area (Å²) in [5.41, 5.74) is 9.01. The number of nitrogens with zero attached hydrogens (tertiary/aromatic N) is 3. The Morgan fingerprint density at radius 2 is 1.95 bits per heavy atom. The Kier molecular flexibility index (Phi) is 4.99. The summed E-state index contributed by atoms with van der Waals surface area (Å²) in [5.74, 6) is 1.40. The maximum absolute atomic E-state index is 6.01. The van der Waals surface area contributed by atoms with Gasteiger partial charge in [0.2, 0.25) is 5.95 Å². The van der Waals surface area contributed by atoms with Crippen molar-refractivity contribution in [1.29, 1.82) is 0 Å². The minimum atomic E-state index is 0.587. The maximum atomic E-state index is 6.01. The first-order valence-corrected chi connectivity index (χ1v) is 7.67. The molecule has 0 saturated heterocycles. The first-order valence-electron chi connectivity index (χ1n) is 7.67. The fourth-order valence-electron chi connectivity index (χ4n) is 2.55. The average Bonchev–Trinajstić information content (AvgIpc) is 2.71. The van der Waals surface area contributed by atoms with E-state index in [-0.39, 0.29) is 0 Å². The van der Waals surface area contributed by atoms with E-state index in [1.54, 1.807) is 0 Å². The molecule has 2 N–H and O–H groups in total. The van der Waals surface area contributed by atoms with E-state index in [4.69, 9.17) is 5.73 Å². The molecule has 0 aromatic carbocycles. The number of anilines is 1. The van der Waals surface area contributed by atoms with Crippen LogP contribution < -0.4 is 5.73 Å². The van der Waals surface area contributed by atoms with Crippen LogP contribution in [0.5, 0.6) is 0 Å². The van der Waals surface area contributed by atoms with Crippen molar-refractivity contribution in [3.63, 3.8) is 0 Å². The molecular weight excluding hydrogens is 248 g/mol. The third kappa shape index (κ3) is 3.50. The average molecular weight is 274 g/mol. The van der Waals surface area contributed by atoms with Crippen LogP contribution in [0.3, 0.4) is 0 Å². The molecule has 0 fully saturated rings. The Morgan fingerprint density at radius 3 is 2.70 bits per heavy atom. The molecule has 2 heterocycles. The van der Waals surface area contributed by atoms with Crippen LogP contribution in [0.4, 0.5) is 5.95 Å². The number of nitrogens with two attached hydrogens (primary N) is 1. The highest BCUT2D eigenvalue weighted by Gasteiger charge is 2.10. The molecule has 4 heteroatoms. The molecule has 110 valence electrons. The lowest BCUT2D eigenvalue weighted by molar-refractivity contribution is 0.508. The maximum Gasteiger partial charge on any atom is 0.202 e. The third-order valence-corrected chi connectivity index (χ3v) is 3.78. The minimum Gasteiger partial charge on any atom is -0.369 e. The Hall–Kier alpha value is -1.58. The van der Waals surface area contributed by atoms with Crippen molar-refractivity contribution in [3.8, 4) is 0 Å². The van der Waals surface area contributed by atoms with Crippen molar-refractivity contribution in [1.82, 2.24) is 14.5 Å². The van der Waals surface area contributed by atoms with Gasteiger partial charge in [-0.15, -0.1) is 0 Å². The molecule has 0 aliphatic rings. The van der Waals surface area contributed by atoms with E-state index in [1.165, 1.54) is 25.7 Å². The van der Waals surface area contributed by atoms with Gasteiger partial charge in [0.25, 0.3) is 0 Å². The second kappa shape index (κ2) is 6.73. The summed E-state index contributed by atoms with van der Waals surface area (Å²) in [6.07, 6.45) is 8.18. The predicted octanol–water partition coefficient (Wildman–Crippen LogP) is 3.93. The summed E-state index contributed by atoms with van der Waals surface area (Å²) in [4.78, 5) is 8.85. The van der Waals surface area contributed by atoms with Crippen LogP contribution in [0, 0.1) is 12.8 Å². The standard InChI is InChI=1S/C16H26N4/c1-12(2)8-6-4-5-7-11-20-15-14(19-16(20)17)13(3)9-10-18-15/h9-10,12H,4-8,11H2,1-3H3,(H2,17,19). The topological polar surface area (TPSA) is 56.7 Å². The largest absolute Gasteiger partial charge is 0.369 e. The van der Waals surface area contributed by atoms with Crippen LogP contribution in [0.15, 0.2) is 12.3 Å². The van der Waals surface area contributed by atoms with Crippen LogP contribution in [-0.4, -0.2) is 14.5 Å². The number of imidazole rings is 1. The molecule has 0 radical (unpaired) electrons. The number of nitrogen functional groups attached to an aromatic ring is 1. The van der Waals surface area contributed by atoms with E-state index in [9.17, 15) is 0 Å². The van der Waals surface area contributed by atoms with Gasteiger partial charge in [-0.3, -0.25) is 4.57 Å². The molecule has 0 aliphatic heterocycles. The summed E-state index contributed by atoms with van der Waals surface area (Å²) in [6, 6.07) is 1.98. The van der Waals surface area contributed by atoms with Gasteiger partial charge >= 0.3 is 0 Å². The molecule has 0 saturated carbocycles. The number of rotatable bonds is 7. The zero-order chi connectivity index (χ0) is 14.5. The molecule has 20 heavy (non-hydrogen) atoms. The van der Waals surface area contributed by atoms with Crippen LogP contribution in [0.1, 0.15) is 51.5 Å². The van der Waals surface area contributed by atoms with E-state index in [1.807, 2.05) is 23.8 Å². The number of hydrogen-bond acceptors (Lipinski definition) is 3. The smallest absolute Gasteiger partial charge is 0.202 e. The first-order chi connectivity index (χ1) is 9.59. The molecule has 2 rings (SSSR count). The molecule has 0 aliphatic carbocycles. The fraction of sp³-hybridized carbons (Fsp3) is 0.625. The van der Waals surface area contributed by atoms with Gasteiger partial charge in [-0.2, -0.15) is 0 Å². The van der Waals surface area contributed by atoms with Gasteiger partial charge in [0.1, 0.15) is 5.52 Å². The summed E-state index contributed by atoms with van der Waals surface area (Å²) in [5, 5.41) is 0. The van der Waals surface area contributed by atoms with Gasteiger partial charge in [0, 0.05) is 12.7 Å². The molecule has 2 aromatic heterocycles. The van der Waals surface area contributed by atoms with Gasteiger partial charge in [-0.05, 0) is 30.9 Å². The summed E-state index contributed by atoms with van der Waals surface area (Å²) < 4.78 is 2.05. The molecule has 0 atom stereocenters. The lowest BCUT2D eigenvalue weighted by atomic mass is 10.0. The minimum absolute atomic E-state index is 0.587. The van der Waals surface area contributed by atoms with Crippen molar-refractivity contribution >= 4 is 17.1 Å². The first kappa shape index (κ1) is 14.8. The molecular formula is C16H26N4. The van der Waals surface area contributed by atoms with Crippen molar-refractivity contribution in [3.05, 3.63) is 17.8 Å². The van der Waals surface area contributed by atoms with E-state index < -0.39 is 0 Å². The van der Waals surface area contributed by atoms with Gasteiger partial charge in [-0.25, -0.2) is 9.97 Å². The van der Waals surface area contributed by atoms with E-state index >= 15 is 0 Å². The van der Waals surface area contributed by atoms with Crippen molar-refractivity contribution in [2.45, 2.75) is 59.4 Å². The Balaban J connectivity index is 1.90. The number of pyridine rings is 1. The van der Waals surface area contributed by atoms with E-state index in [2.05, 4.69) is 23.8 Å². The van der Waals surface area contributed by atoms with Crippen LogP contribution in [0.2, 0.25) is 0 Å². The number of aryl methyl sites for hydroxylation is 2. The quantitative estimate of drug-likeness (QED) is 0.778. The van der Waals surface area contributed by atoms with Crippen molar-refractivity contribution in [2.75, 3.05) is 5.73 Å². The molecule has 0 unspecified atom stereocenters. The molecule has 0 bridgehead atoms.